The fourth-order valence-corrected chi connectivity index (χ4v) is 4.36. The minimum atomic E-state index is 0.530. The zero-order valence-corrected chi connectivity index (χ0v) is 14.7. The Labute approximate surface area is 136 Å². The number of likely N-dealkylation sites (N-methyl/N-ethyl adjacent to an activating group) is 1. The quantitative estimate of drug-likeness (QED) is 0.583. The predicted octanol–water partition coefficient (Wildman–Crippen LogP) is 4.07. The van der Waals surface area contributed by atoms with E-state index < -0.39 is 0 Å². The van der Waals surface area contributed by atoms with Crippen molar-refractivity contribution >= 4 is 48.8 Å². The maximum Gasteiger partial charge on any atom is 0.0738 e. The minimum Gasteiger partial charge on any atom is -0.349 e. The van der Waals surface area contributed by atoms with Gasteiger partial charge in [-0.05, 0) is 50.6 Å². The molecule has 3 rings (SSSR count). The van der Waals surface area contributed by atoms with E-state index in [0.29, 0.717) is 5.92 Å². The number of hydrogen-bond donors (Lipinski definition) is 4. The van der Waals surface area contributed by atoms with E-state index >= 15 is 0 Å². The van der Waals surface area contributed by atoms with Crippen molar-refractivity contribution in [3.05, 3.63) is 16.7 Å². The molecule has 0 bridgehead atoms. The number of nitrogens with one attached hydrogen (secondary N) is 1. The fraction of sp³-hybridized carbons (Fsp3) is 0.467. The van der Waals surface area contributed by atoms with Gasteiger partial charge in [0.1, 0.15) is 0 Å². The third kappa shape index (κ3) is 2.10. The Morgan fingerprint density at radius 2 is 1.75 bits per heavy atom. The van der Waals surface area contributed by atoms with E-state index in [9.17, 15) is 0 Å². The molecule has 1 atom stereocenters. The van der Waals surface area contributed by atoms with Gasteiger partial charge in [0.25, 0.3) is 0 Å². The average Bonchev–Trinajstić information content (AvgIpc) is 2.97. The van der Waals surface area contributed by atoms with E-state index in [1.54, 1.807) is 0 Å². The topological polar surface area (TPSA) is 19.0 Å². The third-order valence-corrected chi connectivity index (χ3v) is 6.03. The second-order valence-corrected chi connectivity index (χ2v) is 7.17. The molecule has 0 unspecified atom stereocenters. The third-order valence-electron chi connectivity index (χ3n) is 4.56. The van der Waals surface area contributed by atoms with E-state index in [4.69, 9.17) is 25.3 Å². The van der Waals surface area contributed by atoms with Crippen molar-refractivity contribution in [1.29, 1.82) is 0 Å². The molecule has 2 heterocycles. The molecule has 1 aliphatic heterocycles. The zero-order valence-electron chi connectivity index (χ0n) is 12.0. The lowest BCUT2D eigenvalue weighted by molar-refractivity contribution is 0.411. The second kappa shape index (κ2) is 5.20. The van der Waals surface area contributed by atoms with Crippen LogP contribution in [0.4, 0.5) is 0 Å². The first-order chi connectivity index (χ1) is 9.41. The highest BCUT2D eigenvalue weighted by molar-refractivity contribution is 7.81. The lowest BCUT2D eigenvalue weighted by Gasteiger charge is -2.14. The average molecular weight is 325 g/mol. The summed E-state index contributed by atoms with van der Waals surface area (Å²) >= 11 is 14.2. The van der Waals surface area contributed by atoms with Crippen LogP contribution in [0.1, 0.15) is 29.0 Å². The van der Waals surface area contributed by atoms with Gasteiger partial charge in [-0.2, -0.15) is 0 Å². The fourth-order valence-electron chi connectivity index (χ4n) is 3.22. The van der Waals surface area contributed by atoms with Crippen LogP contribution in [-0.2, 0) is 0 Å². The minimum absolute atomic E-state index is 0.530. The number of rotatable bonds is 1. The second-order valence-electron chi connectivity index (χ2n) is 5.83. The molecule has 1 N–H and O–H groups in total. The van der Waals surface area contributed by atoms with Gasteiger partial charge in [-0.3, -0.25) is 0 Å². The van der Waals surface area contributed by atoms with Gasteiger partial charge in [0.2, 0.25) is 0 Å². The van der Waals surface area contributed by atoms with Crippen molar-refractivity contribution in [2.45, 2.75) is 41.0 Å². The molecule has 5 heteroatoms. The number of benzene rings is 1. The van der Waals surface area contributed by atoms with Crippen LogP contribution in [-0.4, -0.2) is 30.0 Å². The largest absolute Gasteiger partial charge is 0.349 e. The molecule has 108 valence electrons. The predicted molar refractivity (Wildman–Crippen MR) is 94.4 cm³/mol. The van der Waals surface area contributed by atoms with E-state index in [-0.39, 0.29) is 0 Å². The van der Waals surface area contributed by atoms with Crippen molar-refractivity contribution in [2.24, 2.45) is 0 Å². The highest BCUT2D eigenvalue weighted by Crippen LogP contribution is 2.43. The lowest BCUT2D eigenvalue weighted by atomic mass is 9.95. The van der Waals surface area contributed by atoms with Crippen molar-refractivity contribution in [2.75, 3.05) is 20.1 Å². The smallest absolute Gasteiger partial charge is 0.0738 e. The monoisotopic (exact) mass is 324 g/mol. The van der Waals surface area contributed by atoms with Crippen molar-refractivity contribution in [1.82, 2.24) is 9.88 Å². The number of nitrogens with zero attached hydrogens (tertiary/aromatic N) is 1. The van der Waals surface area contributed by atoms with E-state index in [0.717, 1.165) is 33.4 Å². The molecule has 2 aromatic rings. The summed E-state index contributed by atoms with van der Waals surface area (Å²) in [6, 6.07) is 0. The Morgan fingerprint density at radius 1 is 1.10 bits per heavy atom. The first-order valence-electron chi connectivity index (χ1n) is 6.86. The van der Waals surface area contributed by atoms with Crippen LogP contribution in [0.25, 0.3) is 10.9 Å². The summed E-state index contributed by atoms with van der Waals surface area (Å²) in [6.45, 7) is 6.44. The number of aromatic nitrogens is 1. The summed E-state index contributed by atoms with van der Waals surface area (Å²) in [6.07, 6.45) is 1.18. The SMILES string of the molecule is Cc1c(C)c(S)c2c([C@H]3CCN(C)C3)c(S)[nH]c2c1S. The van der Waals surface area contributed by atoms with Crippen LogP contribution in [0.2, 0.25) is 0 Å². The van der Waals surface area contributed by atoms with Gasteiger partial charge in [0, 0.05) is 27.6 Å². The molecule has 1 aromatic heterocycles. The maximum atomic E-state index is 4.78. The van der Waals surface area contributed by atoms with Crippen molar-refractivity contribution in [3.8, 4) is 0 Å². The number of aromatic amines is 1. The zero-order chi connectivity index (χ0) is 14.6. The Bertz CT molecular complexity index is 690. The van der Waals surface area contributed by atoms with Gasteiger partial charge in [-0.25, -0.2) is 0 Å². The molecule has 1 saturated heterocycles. The molecule has 1 fully saturated rings. The van der Waals surface area contributed by atoms with E-state index in [1.165, 1.54) is 28.5 Å². The summed E-state index contributed by atoms with van der Waals surface area (Å²) in [7, 11) is 2.17. The van der Waals surface area contributed by atoms with Crippen LogP contribution in [0.5, 0.6) is 0 Å². The Kier molecular flexibility index (Phi) is 3.82. The summed E-state index contributed by atoms with van der Waals surface area (Å²) in [5.74, 6) is 0.530. The normalized spacial score (nSPS) is 20.2. The van der Waals surface area contributed by atoms with Crippen molar-refractivity contribution in [3.63, 3.8) is 0 Å². The standard InChI is InChI=1S/C15H20N2S3/c1-7-8(2)14(19)12-11(13(7)18)10(15(20)16-12)9-4-5-17(3)6-9/h9,16,18-20H,4-6H2,1-3H3/t9-/m0/s1. The number of likely N-dealkylation sites (tertiary alicyclic amines) is 1. The maximum absolute atomic E-state index is 4.78. The van der Waals surface area contributed by atoms with Crippen LogP contribution in [0.3, 0.4) is 0 Å². The Balaban J connectivity index is 2.30. The molecular weight excluding hydrogens is 304 g/mol. The molecule has 2 nitrogen and oxygen atoms in total. The summed E-state index contributed by atoms with van der Waals surface area (Å²) in [5.41, 5.74) is 4.80. The van der Waals surface area contributed by atoms with E-state index in [1.807, 2.05) is 0 Å². The van der Waals surface area contributed by atoms with Gasteiger partial charge < -0.3 is 9.88 Å². The Hall–Kier alpha value is -0.230. The van der Waals surface area contributed by atoms with Crippen molar-refractivity contribution < 1.29 is 0 Å². The highest BCUT2D eigenvalue weighted by Gasteiger charge is 2.28. The molecular formula is C15H20N2S3. The summed E-state index contributed by atoms with van der Waals surface area (Å²) in [4.78, 5) is 7.87. The Morgan fingerprint density at radius 3 is 2.35 bits per heavy atom. The number of fused-ring (bicyclic) bond motifs is 1. The van der Waals surface area contributed by atoms with Gasteiger partial charge in [-0.1, -0.05) is 0 Å². The highest BCUT2D eigenvalue weighted by atomic mass is 32.1. The molecule has 0 saturated carbocycles. The van der Waals surface area contributed by atoms with Crippen LogP contribution < -0.4 is 0 Å². The van der Waals surface area contributed by atoms with Crippen LogP contribution in [0.15, 0.2) is 14.8 Å². The van der Waals surface area contributed by atoms with E-state index in [2.05, 4.69) is 43.4 Å². The van der Waals surface area contributed by atoms with Gasteiger partial charge in [0.05, 0.1) is 10.5 Å². The van der Waals surface area contributed by atoms with Crippen LogP contribution in [0, 0.1) is 13.8 Å². The summed E-state index contributed by atoms with van der Waals surface area (Å²) in [5, 5.41) is 2.18. The van der Waals surface area contributed by atoms with Gasteiger partial charge in [0.15, 0.2) is 0 Å². The van der Waals surface area contributed by atoms with Gasteiger partial charge in [-0.15, -0.1) is 37.9 Å². The molecule has 0 spiro atoms. The number of hydrogen-bond acceptors (Lipinski definition) is 4. The molecule has 1 aromatic carbocycles. The van der Waals surface area contributed by atoms with Crippen LogP contribution >= 0.6 is 37.9 Å². The number of H-pyrrole nitrogens is 1. The first-order valence-corrected chi connectivity index (χ1v) is 8.20. The molecule has 0 aliphatic carbocycles. The molecule has 20 heavy (non-hydrogen) atoms. The first kappa shape index (κ1) is 14.7. The van der Waals surface area contributed by atoms with Gasteiger partial charge >= 0.3 is 0 Å². The summed E-state index contributed by atoms with van der Waals surface area (Å²) < 4.78 is 0. The molecule has 1 aliphatic rings. The molecule has 0 amide bonds. The molecule has 0 radical (unpaired) electrons. The number of thiol groups is 3. The lowest BCUT2D eigenvalue weighted by Crippen LogP contribution is -2.13.